The van der Waals surface area contributed by atoms with Gasteiger partial charge in [-0.3, -0.25) is 0 Å². The molecule has 0 aromatic heterocycles. The van der Waals surface area contributed by atoms with E-state index in [1.807, 2.05) is 0 Å². The van der Waals surface area contributed by atoms with Gasteiger partial charge in [0.05, 0.1) is 0 Å². The second-order valence-electron chi connectivity index (χ2n) is 0.316. The van der Waals surface area contributed by atoms with Crippen LogP contribution in [0.5, 0.6) is 0 Å². The molecule has 1 nitrogen and oxygen atoms in total. The Labute approximate surface area is 52.0 Å². The standard InChI is InChI=1S/C2H6O.S.Zn/c1-2-3;;/h3H,2H2,1H3;;/q;-2;+2. The molecule has 28 valence electrons. The van der Waals surface area contributed by atoms with Crippen molar-refractivity contribution in [2.24, 2.45) is 0 Å². The fourth-order valence-electron chi connectivity index (χ4n) is 0. The van der Waals surface area contributed by atoms with Crippen LogP contribution in [0.1, 0.15) is 6.92 Å². The molecule has 0 fully saturated rings. The predicted molar refractivity (Wildman–Crippen MR) is 20.1 cm³/mol. The molecule has 0 amide bonds. The van der Waals surface area contributed by atoms with E-state index in [0.717, 1.165) is 0 Å². The first-order valence-electron chi connectivity index (χ1n) is 1.02. The molecule has 0 saturated carbocycles. The summed E-state index contributed by atoms with van der Waals surface area (Å²) in [5.41, 5.74) is 0. The van der Waals surface area contributed by atoms with E-state index in [9.17, 15) is 0 Å². The van der Waals surface area contributed by atoms with E-state index in [2.05, 4.69) is 0 Å². The van der Waals surface area contributed by atoms with E-state index < -0.39 is 0 Å². The van der Waals surface area contributed by atoms with Gasteiger partial charge in [0, 0.05) is 6.61 Å². The largest absolute Gasteiger partial charge is 2.00 e. The number of aliphatic hydroxyl groups excluding tert-OH is 1. The van der Waals surface area contributed by atoms with E-state index >= 15 is 0 Å². The predicted octanol–water partition coefficient (Wildman–Crippen LogP) is -0.00630. The summed E-state index contributed by atoms with van der Waals surface area (Å²) in [6, 6.07) is 0. The first kappa shape index (κ1) is 16.8. The zero-order chi connectivity index (χ0) is 2.71. The van der Waals surface area contributed by atoms with Crippen LogP contribution < -0.4 is 0 Å². The number of hydrogen-bond donors (Lipinski definition) is 1. The van der Waals surface area contributed by atoms with Crippen molar-refractivity contribution in [1.82, 2.24) is 0 Å². The van der Waals surface area contributed by atoms with E-state index in [4.69, 9.17) is 5.11 Å². The summed E-state index contributed by atoms with van der Waals surface area (Å²) in [5, 5.41) is 7.57. The molecule has 0 aliphatic heterocycles. The average molecular weight is 144 g/mol. The minimum atomic E-state index is 0. The smallest absolute Gasteiger partial charge is 2.00 e. The van der Waals surface area contributed by atoms with Crippen LogP contribution in [-0.4, -0.2) is 11.7 Å². The van der Waals surface area contributed by atoms with Crippen LogP contribution in [0.4, 0.5) is 0 Å². The summed E-state index contributed by atoms with van der Waals surface area (Å²) >= 11 is 0. The van der Waals surface area contributed by atoms with Crippen molar-refractivity contribution in [3.8, 4) is 0 Å². The Bertz CT molecular complexity index is 9.61. The van der Waals surface area contributed by atoms with Gasteiger partial charge in [-0.1, -0.05) is 0 Å². The molecule has 0 unspecified atom stereocenters. The Balaban J connectivity index is -0.0000000200. The van der Waals surface area contributed by atoms with Crippen LogP contribution in [0.15, 0.2) is 0 Å². The van der Waals surface area contributed by atoms with Gasteiger partial charge in [0.2, 0.25) is 0 Å². The molecule has 1 N–H and O–H groups in total. The van der Waals surface area contributed by atoms with Crippen LogP contribution in [0.2, 0.25) is 0 Å². The maximum absolute atomic E-state index is 7.57. The summed E-state index contributed by atoms with van der Waals surface area (Å²) in [6.07, 6.45) is 0. The third kappa shape index (κ3) is 48.7. The first-order chi connectivity index (χ1) is 1.41. The summed E-state index contributed by atoms with van der Waals surface area (Å²) in [6.45, 7) is 1.93. The molecule has 0 aliphatic carbocycles. The van der Waals surface area contributed by atoms with Crippen molar-refractivity contribution >= 4 is 13.5 Å². The van der Waals surface area contributed by atoms with Gasteiger partial charge in [0.25, 0.3) is 0 Å². The molecule has 5 heavy (non-hydrogen) atoms. The van der Waals surface area contributed by atoms with Crippen molar-refractivity contribution in [2.45, 2.75) is 6.92 Å². The van der Waals surface area contributed by atoms with Gasteiger partial charge in [-0.25, -0.2) is 0 Å². The summed E-state index contributed by atoms with van der Waals surface area (Å²) in [5.74, 6) is 0. The SMILES string of the molecule is CCO.[S-2].[Zn+2]. The zero-order valence-corrected chi connectivity index (χ0v) is 7.05. The quantitative estimate of drug-likeness (QED) is 0.473. The molecule has 0 radical (unpaired) electrons. The molecule has 3 heteroatoms. The van der Waals surface area contributed by atoms with Gasteiger partial charge in [-0.15, -0.1) is 0 Å². The normalized spacial score (nSPS) is 3.60. The van der Waals surface area contributed by atoms with Crippen molar-refractivity contribution in [1.29, 1.82) is 0 Å². The maximum Gasteiger partial charge on any atom is 2.00 e. The molecule has 0 heterocycles. The van der Waals surface area contributed by atoms with Crippen LogP contribution >= 0.6 is 0 Å². The first-order valence-corrected chi connectivity index (χ1v) is 1.02. The van der Waals surface area contributed by atoms with E-state index in [-0.39, 0.29) is 39.6 Å². The molecule has 0 aliphatic rings. The fraction of sp³-hybridized carbons (Fsp3) is 1.00. The molecular weight excluding hydrogens is 137 g/mol. The molecule has 0 bridgehead atoms. The molecule has 0 atom stereocenters. The van der Waals surface area contributed by atoms with Crippen molar-refractivity contribution in [2.75, 3.05) is 6.61 Å². The second kappa shape index (κ2) is 20.4. The van der Waals surface area contributed by atoms with E-state index in [1.165, 1.54) is 0 Å². The van der Waals surface area contributed by atoms with Crippen LogP contribution in [-0.2, 0) is 33.0 Å². The Hall–Kier alpha value is 0.933. The van der Waals surface area contributed by atoms with Gasteiger partial charge < -0.3 is 18.6 Å². The molecule has 0 saturated heterocycles. The summed E-state index contributed by atoms with van der Waals surface area (Å²) < 4.78 is 0. The van der Waals surface area contributed by atoms with Crippen LogP contribution in [0, 0.1) is 0 Å². The molecular formula is C2H6OSZn. The van der Waals surface area contributed by atoms with Gasteiger partial charge in [-0.05, 0) is 6.92 Å². The number of rotatable bonds is 0. The molecule has 0 aromatic carbocycles. The van der Waals surface area contributed by atoms with Crippen LogP contribution in [0.3, 0.4) is 0 Å². The number of aliphatic hydroxyl groups is 1. The minimum absolute atomic E-state index is 0. The van der Waals surface area contributed by atoms with Crippen molar-refractivity contribution < 1.29 is 24.6 Å². The van der Waals surface area contributed by atoms with E-state index in [1.54, 1.807) is 6.92 Å². The average Bonchev–Trinajstić information content (AvgIpc) is 0.918. The Kier molecular flexibility index (Phi) is 68.5. The third-order valence-corrected chi connectivity index (χ3v) is 0. The van der Waals surface area contributed by atoms with Crippen molar-refractivity contribution in [3.63, 3.8) is 0 Å². The molecule has 0 aromatic rings. The summed E-state index contributed by atoms with van der Waals surface area (Å²) in [4.78, 5) is 0. The van der Waals surface area contributed by atoms with Crippen LogP contribution in [0.25, 0.3) is 0 Å². The summed E-state index contributed by atoms with van der Waals surface area (Å²) in [7, 11) is 0. The van der Waals surface area contributed by atoms with Gasteiger partial charge in [0.15, 0.2) is 0 Å². The fourth-order valence-corrected chi connectivity index (χ4v) is 0. The molecule has 0 rings (SSSR count). The van der Waals surface area contributed by atoms with Gasteiger partial charge >= 0.3 is 19.5 Å². The third-order valence-electron chi connectivity index (χ3n) is 0. The van der Waals surface area contributed by atoms with Gasteiger partial charge in [-0.2, -0.15) is 0 Å². The Morgan fingerprint density at radius 1 is 1.60 bits per heavy atom. The van der Waals surface area contributed by atoms with E-state index in [0.29, 0.717) is 0 Å². The number of hydrogen-bond acceptors (Lipinski definition) is 1. The molecule has 0 spiro atoms. The Morgan fingerprint density at radius 3 is 1.60 bits per heavy atom. The van der Waals surface area contributed by atoms with Gasteiger partial charge in [0.1, 0.15) is 0 Å². The minimum Gasteiger partial charge on any atom is -2.00 e. The van der Waals surface area contributed by atoms with Crippen molar-refractivity contribution in [3.05, 3.63) is 0 Å². The second-order valence-corrected chi connectivity index (χ2v) is 0.316. The Morgan fingerprint density at radius 2 is 1.60 bits per heavy atom. The zero-order valence-electron chi connectivity index (χ0n) is 3.27. The maximum atomic E-state index is 7.57. The topological polar surface area (TPSA) is 20.2 Å². The monoisotopic (exact) mass is 142 g/mol.